The van der Waals surface area contributed by atoms with Gasteiger partial charge in [0.15, 0.2) is 6.61 Å². The molecule has 44 heavy (non-hydrogen) atoms. The molecule has 0 spiro atoms. The van der Waals surface area contributed by atoms with E-state index in [1.807, 2.05) is 0 Å². The molecule has 0 radical (unpaired) electrons. The second-order valence-electron chi connectivity index (χ2n) is 9.58. The fraction of sp³-hybridized carbons (Fsp3) is 0.276. The third-order valence-electron chi connectivity index (χ3n) is 6.37. The van der Waals surface area contributed by atoms with Crippen LogP contribution >= 0.6 is 11.6 Å². The fourth-order valence-corrected chi connectivity index (χ4v) is 5.81. The maximum Gasteiger partial charge on any atom is 0.417 e. The van der Waals surface area contributed by atoms with Crippen molar-refractivity contribution in [3.8, 4) is 5.75 Å². The molecule has 2 amide bonds. The first kappa shape index (κ1) is 32.8. The average molecular weight is 653 g/mol. The molecule has 1 saturated heterocycles. The number of anilines is 1. The van der Waals surface area contributed by atoms with Crippen LogP contribution in [0.2, 0.25) is 5.02 Å². The van der Waals surface area contributed by atoms with Crippen LogP contribution in [0.25, 0.3) is 0 Å². The SMILES string of the molecule is O=C(COc1ccc(/C=N\NC(=O)CN(c2ccc(Cl)c(C(F)(F)F)c2)S(=O)(=O)c2ccccc2)cc1)NC[C@@H]1CCCO1. The fourth-order valence-electron chi connectivity index (χ4n) is 4.15. The van der Waals surface area contributed by atoms with Crippen LogP contribution in [0.15, 0.2) is 82.8 Å². The summed E-state index contributed by atoms with van der Waals surface area (Å²) in [4.78, 5) is 24.5. The largest absolute Gasteiger partial charge is 0.484 e. The van der Waals surface area contributed by atoms with Gasteiger partial charge in [-0.25, -0.2) is 13.8 Å². The molecule has 0 aliphatic carbocycles. The zero-order valence-corrected chi connectivity index (χ0v) is 24.7. The number of alkyl halides is 3. The van der Waals surface area contributed by atoms with E-state index >= 15 is 0 Å². The molecule has 0 aromatic heterocycles. The number of nitrogens with one attached hydrogen (secondary N) is 2. The van der Waals surface area contributed by atoms with Gasteiger partial charge in [0.05, 0.1) is 33.5 Å². The molecule has 1 atom stereocenters. The lowest BCUT2D eigenvalue weighted by Crippen LogP contribution is -2.39. The minimum absolute atomic E-state index is 0.0222. The molecule has 3 aromatic rings. The summed E-state index contributed by atoms with van der Waals surface area (Å²) in [5.74, 6) is -0.787. The van der Waals surface area contributed by atoms with Crippen LogP contribution in [0.4, 0.5) is 18.9 Å². The van der Waals surface area contributed by atoms with E-state index in [9.17, 15) is 31.2 Å². The molecule has 234 valence electrons. The van der Waals surface area contributed by atoms with Gasteiger partial charge in [0.25, 0.3) is 21.8 Å². The standard InChI is InChI=1S/C29H28ClF3N4O6S/c30-26-13-10-21(15-25(26)29(31,32)33)37(44(40,41)24-6-2-1-3-7-24)18-27(38)36-35-16-20-8-11-22(12-9-20)43-19-28(39)34-17-23-5-4-14-42-23/h1-3,6-13,15-16,23H,4-5,14,17-19H2,(H,34,39)(H,36,38)/b35-16-/t23-/m0/s1. The summed E-state index contributed by atoms with van der Waals surface area (Å²) in [5, 5.41) is 5.94. The van der Waals surface area contributed by atoms with E-state index < -0.39 is 44.9 Å². The summed E-state index contributed by atoms with van der Waals surface area (Å²) in [6.45, 7) is 0.0555. The van der Waals surface area contributed by atoms with Gasteiger partial charge in [0.2, 0.25) is 0 Å². The topological polar surface area (TPSA) is 126 Å². The van der Waals surface area contributed by atoms with Crippen LogP contribution in [0.5, 0.6) is 5.75 Å². The molecule has 0 unspecified atom stereocenters. The number of rotatable bonds is 12. The number of nitrogens with zero attached hydrogens (tertiary/aromatic N) is 2. The molecule has 0 bridgehead atoms. The Labute approximate surface area is 256 Å². The van der Waals surface area contributed by atoms with Gasteiger partial charge >= 0.3 is 6.18 Å². The zero-order valence-electron chi connectivity index (χ0n) is 23.1. The highest BCUT2D eigenvalue weighted by Crippen LogP contribution is 2.38. The Bertz CT molecular complexity index is 1580. The molecule has 0 saturated carbocycles. The lowest BCUT2D eigenvalue weighted by atomic mass is 10.2. The quantitative estimate of drug-likeness (QED) is 0.221. The molecule has 10 nitrogen and oxygen atoms in total. The Morgan fingerprint density at radius 1 is 1.07 bits per heavy atom. The van der Waals surface area contributed by atoms with Crippen molar-refractivity contribution in [1.82, 2.24) is 10.7 Å². The van der Waals surface area contributed by atoms with Crippen molar-refractivity contribution in [1.29, 1.82) is 0 Å². The van der Waals surface area contributed by atoms with Gasteiger partial charge in [-0.3, -0.25) is 13.9 Å². The lowest BCUT2D eigenvalue weighted by molar-refractivity contribution is -0.137. The first-order valence-corrected chi connectivity index (χ1v) is 15.1. The number of hydrogen-bond donors (Lipinski definition) is 2. The summed E-state index contributed by atoms with van der Waals surface area (Å²) in [6.07, 6.45) is -1.69. The monoisotopic (exact) mass is 652 g/mol. The average Bonchev–Trinajstić information content (AvgIpc) is 3.52. The van der Waals surface area contributed by atoms with E-state index in [2.05, 4.69) is 15.8 Å². The lowest BCUT2D eigenvalue weighted by Gasteiger charge is -2.24. The predicted molar refractivity (Wildman–Crippen MR) is 157 cm³/mol. The number of amides is 2. The van der Waals surface area contributed by atoms with Crippen LogP contribution < -0.4 is 19.8 Å². The third-order valence-corrected chi connectivity index (χ3v) is 8.48. The normalized spacial score (nSPS) is 15.2. The molecular formula is C29H28ClF3N4O6S. The van der Waals surface area contributed by atoms with Crippen LogP contribution in [0.3, 0.4) is 0 Å². The summed E-state index contributed by atoms with van der Waals surface area (Å²) in [6, 6.07) is 15.9. The maximum atomic E-state index is 13.5. The highest BCUT2D eigenvalue weighted by atomic mass is 35.5. The Balaban J connectivity index is 1.38. The van der Waals surface area contributed by atoms with Gasteiger partial charge in [0.1, 0.15) is 12.3 Å². The Hall–Kier alpha value is -4.14. The predicted octanol–water partition coefficient (Wildman–Crippen LogP) is 4.38. The highest BCUT2D eigenvalue weighted by molar-refractivity contribution is 7.92. The Morgan fingerprint density at radius 2 is 1.80 bits per heavy atom. The van der Waals surface area contributed by atoms with Gasteiger partial charge in [-0.05, 0) is 73.0 Å². The number of carbonyl (C=O) groups excluding carboxylic acids is 2. The molecule has 4 rings (SSSR count). The molecule has 1 fully saturated rings. The highest BCUT2D eigenvalue weighted by Gasteiger charge is 2.35. The van der Waals surface area contributed by atoms with E-state index in [0.29, 0.717) is 34.8 Å². The van der Waals surface area contributed by atoms with Crippen molar-refractivity contribution < 1.29 is 40.7 Å². The summed E-state index contributed by atoms with van der Waals surface area (Å²) in [5.41, 5.74) is 1.04. The summed E-state index contributed by atoms with van der Waals surface area (Å²) >= 11 is 5.71. The van der Waals surface area contributed by atoms with E-state index in [0.717, 1.165) is 25.0 Å². The molecule has 15 heteroatoms. The number of hydrazone groups is 1. The van der Waals surface area contributed by atoms with Gasteiger partial charge in [-0.1, -0.05) is 29.8 Å². The Kier molecular flexibility index (Phi) is 10.8. The van der Waals surface area contributed by atoms with E-state index in [-0.39, 0.29) is 23.5 Å². The van der Waals surface area contributed by atoms with Crippen molar-refractivity contribution in [3.63, 3.8) is 0 Å². The molecule has 1 heterocycles. The van der Waals surface area contributed by atoms with Crippen LogP contribution in [-0.4, -0.2) is 58.9 Å². The summed E-state index contributed by atoms with van der Waals surface area (Å²) < 4.78 is 78.8. The van der Waals surface area contributed by atoms with Gasteiger partial charge in [-0.2, -0.15) is 18.3 Å². The minimum atomic E-state index is -4.86. The number of sulfonamides is 1. The van der Waals surface area contributed by atoms with E-state index in [1.165, 1.54) is 30.5 Å². The molecular weight excluding hydrogens is 625 g/mol. The van der Waals surface area contributed by atoms with E-state index in [4.69, 9.17) is 21.1 Å². The first-order chi connectivity index (χ1) is 20.9. The Morgan fingerprint density at radius 3 is 2.45 bits per heavy atom. The van der Waals surface area contributed by atoms with Crippen LogP contribution in [0.1, 0.15) is 24.0 Å². The smallest absolute Gasteiger partial charge is 0.417 e. The van der Waals surface area contributed by atoms with Crippen LogP contribution in [-0.2, 0) is 30.5 Å². The molecule has 2 N–H and O–H groups in total. The zero-order chi connectivity index (χ0) is 31.7. The number of halogens is 4. The second-order valence-corrected chi connectivity index (χ2v) is 11.8. The van der Waals surface area contributed by atoms with Gasteiger partial charge in [0, 0.05) is 13.2 Å². The number of hydrogen-bond acceptors (Lipinski definition) is 7. The molecule has 1 aliphatic rings. The maximum absolute atomic E-state index is 13.5. The van der Waals surface area contributed by atoms with Crippen molar-refractivity contribution in [2.45, 2.75) is 30.0 Å². The number of carbonyl (C=O) groups is 2. The van der Waals surface area contributed by atoms with Crippen LogP contribution in [0, 0.1) is 0 Å². The van der Waals surface area contributed by atoms with Crippen molar-refractivity contribution >= 4 is 45.3 Å². The molecule has 3 aromatic carbocycles. The van der Waals surface area contributed by atoms with Gasteiger partial charge in [-0.15, -0.1) is 0 Å². The van der Waals surface area contributed by atoms with Crippen molar-refractivity contribution in [2.24, 2.45) is 5.10 Å². The summed E-state index contributed by atoms with van der Waals surface area (Å²) in [7, 11) is -4.46. The minimum Gasteiger partial charge on any atom is -0.484 e. The second kappa shape index (κ2) is 14.6. The van der Waals surface area contributed by atoms with E-state index in [1.54, 1.807) is 30.3 Å². The number of ether oxygens (including phenoxy) is 2. The van der Waals surface area contributed by atoms with Crippen molar-refractivity contribution in [3.05, 3.63) is 88.9 Å². The van der Waals surface area contributed by atoms with Crippen molar-refractivity contribution in [2.75, 3.05) is 30.6 Å². The first-order valence-electron chi connectivity index (χ1n) is 13.3. The van der Waals surface area contributed by atoms with Gasteiger partial charge < -0.3 is 14.8 Å². The molecule has 1 aliphatic heterocycles. The third kappa shape index (κ3) is 8.94. The number of benzene rings is 3.